The van der Waals surface area contributed by atoms with Crippen molar-refractivity contribution in [1.29, 1.82) is 0 Å². The van der Waals surface area contributed by atoms with Crippen LogP contribution in [0.15, 0.2) is 54.8 Å². The molecule has 1 aliphatic rings. The highest BCUT2D eigenvalue weighted by Crippen LogP contribution is 2.32. The Morgan fingerprint density at radius 1 is 1.39 bits per heavy atom. The molecule has 1 atom stereocenters. The fourth-order valence-electron chi connectivity index (χ4n) is 3.13. The van der Waals surface area contributed by atoms with E-state index in [4.69, 9.17) is 0 Å². The monoisotopic (exact) mass is 394 g/mol. The van der Waals surface area contributed by atoms with Gasteiger partial charge in [-0.25, -0.2) is 0 Å². The molecule has 1 aliphatic heterocycles. The van der Waals surface area contributed by atoms with Gasteiger partial charge in [0.05, 0.1) is 0 Å². The van der Waals surface area contributed by atoms with Gasteiger partial charge in [0, 0.05) is 38.2 Å². The van der Waals surface area contributed by atoms with Crippen LogP contribution in [0, 0.1) is 0 Å². The third kappa shape index (κ3) is 5.99. The van der Waals surface area contributed by atoms with Crippen molar-refractivity contribution in [2.24, 2.45) is 0 Å². The molecule has 0 spiro atoms. The van der Waals surface area contributed by atoms with Gasteiger partial charge in [0.2, 0.25) is 5.91 Å². The summed E-state index contributed by atoms with van der Waals surface area (Å²) in [4.78, 5) is 13.7. The standard InChI is InChI=1S/C21H25F3N2O2/c1-4-7-17(19(5-2)28-21(22,23)24)15-8-6-9-16(14-15)18-10-11-20(27)26(3)13-12-25-18/h4-9,14,18,25H,1,10-13H2,2-3H3/b17-7-,19-5+/t18-/m1/s1. The quantitative estimate of drug-likeness (QED) is 0.587. The molecule has 4 nitrogen and oxygen atoms in total. The zero-order valence-corrected chi connectivity index (χ0v) is 16.1. The Hall–Kier alpha value is -2.54. The molecule has 28 heavy (non-hydrogen) atoms. The van der Waals surface area contributed by atoms with Crippen LogP contribution >= 0.6 is 0 Å². The molecule has 1 aromatic carbocycles. The van der Waals surface area contributed by atoms with Crippen LogP contribution in [0.5, 0.6) is 0 Å². The van der Waals surface area contributed by atoms with Crippen molar-refractivity contribution in [2.75, 3.05) is 20.1 Å². The van der Waals surface area contributed by atoms with Crippen molar-refractivity contribution >= 4 is 11.5 Å². The van der Waals surface area contributed by atoms with E-state index < -0.39 is 6.36 Å². The van der Waals surface area contributed by atoms with Crippen LogP contribution in [-0.4, -0.2) is 37.3 Å². The van der Waals surface area contributed by atoms with Crippen molar-refractivity contribution in [3.05, 3.63) is 66.0 Å². The van der Waals surface area contributed by atoms with Crippen LogP contribution in [0.25, 0.3) is 5.57 Å². The summed E-state index contributed by atoms with van der Waals surface area (Å²) in [5.74, 6) is -0.198. The van der Waals surface area contributed by atoms with E-state index in [1.165, 1.54) is 25.2 Å². The Balaban J connectivity index is 2.32. The Kier molecular flexibility index (Phi) is 7.45. The number of rotatable bonds is 5. The highest BCUT2D eigenvalue weighted by molar-refractivity contribution is 5.78. The van der Waals surface area contributed by atoms with Crippen molar-refractivity contribution in [2.45, 2.75) is 32.2 Å². The molecule has 0 aliphatic carbocycles. The van der Waals surface area contributed by atoms with E-state index in [0.29, 0.717) is 37.1 Å². The second-order valence-electron chi connectivity index (χ2n) is 6.50. The van der Waals surface area contributed by atoms with Crippen LogP contribution in [0.2, 0.25) is 0 Å². The van der Waals surface area contributed by atoms with Crippen LogP contribution < -0.4 is 5.32 Å². The summed E-state index contributed by atoms with van der Waals surface area (Å²) in [5, 5.41) is 3.41. The Bertz CT molecular complexity index is 769. The Morgan fingerprint density at radius 3 is 2.79 bits per heavy atom. The maximum absolute atomic E-state index is 12.8. The first-order valence-electron chi connectivity index (χ1n) is 9.08. The maximum atomic E-state index is 12.8. The van der Waals surface area contributed by atoms with Crippen molar-refractivity contribution in [3.63, 3.8) is 0 Å². The van der Waals surface area contributed by atoms with Gasteiger partial charge in [0.15, 0.2) is 0 Å². The minimum Gasteiger partial charge on any atom is -0.405 e. The number of hydrogen-bond acceptors (Lipinski definition) is 3. The number of amides is 1. The molecular weight excluding hydrogens is 369 g/mol. The van der Waals surface area contributed by atoms with Gasteiger partial charge in [-0.2, -0.15) is 0 Å². The zero-order chi connectivity index (χ0) is 20.7. The summed E-state index contributed by atoms with van der Waals surface area (Å²) in [6.07, 6.45) is 0.428. The number of nitrogens with zero attached hydrogens (tertiary/aromatic N) is 1. The predicted octanol–water partition coefficient (Wildman–Crippen LogP) is 4.58. The van der Waals surface area contributed by atoms with E-state index in [1.54, 1.807) is 24.1 Å². The maximum Gasteiger partial charge on any atom is 0.573 e. The fraction of sp³-hybridized carbons (Fsp3) is 0.381. The second-order valence-corrected chi connectivity index (χ2v) is 6.50. The Labute approximate surface area is 163 Å². The molecule has 1 saturated heterocycles. The van der Waals surface area contributed by atoms with Gasteiger partial charge in [-0.3, -0.25) is 4.79 Å². The van der Waals surface area contributed by atoms with E-state index in [-0.39, 0.29) is 17.7 Å². The van der Waals surface area contributed by atoms with Crippen molar-refractivity contribution < 1.29 is 22.7 Å². The summed E-state index contributed by atoms with van der Waals surface area (Å²) < 4.78 is 42.5. The van der Waals surface area contributed by atoms with Crippen LogP contribution in [0.1, 0.15) is 36.9 Å². The molecule has 0 saturated carbocycles. The highest BCUT2D eigenvalue weighted by Gasteiger charge is 2.33. The third-order valence-electron chi connectivity index (χ3n) is 4.55. The number of ether oxygens (including phenoxy) is 1. The number of likely N-dealkylation sites (N-methyl/N-ethyl adjacent to an activating group) is 1. The minimum atomic E-state index is -4.78. The number of hydrogen-bond donors (Lipinski definition) is 1. The number of nitrogens with one attached hydrogen (secondary N) is 1. The fourth-order valence-corrected chi connectivity index (χ4v) is 3.13. The molecule has 1 amide bonds. The molecule has 0 bridgehead atoms. The van der Waals surface area contributed by atoms with E-state index in [0.717, 1.165) is 5.56 Å². The lowest BCUT2D eigenvalue weighted by Gasteiger charge is -2.27. The van der Waals surface area contributed by atoms with Gasteiger partial charge in [-0.1, -0.05) is 36.9 Å². The molecule has 0 unspecified atom stereocenters. The van der Waals surface area contributed by atoms with Gasteiger partial charge in [-0.15, -0.1) is 13.2 Å². The van der Waals surface area contributed by atoms with E-state index in [1.807, 2.05) is 12.1 Å². The molecule has 1 N–H and O–H groups in total. The first-order valence-corrected chi connectivity index (χ1v) is 9.08. The summed E-state index contributed by atoms with van der Waals surface area (Å²) in [7, 11) is 1.77. The van der Waals surface area contributed by atoms with E-state index in [9.17, 15) is 18.0 Å². The lowest BCUT2D eigenvalue weighted by atomic mass is 9.95. The molecule has 0 aromatic heterocycles. The molecule has 152 valence electrons. The topological polar surface area (TPSA) is 41.6 Å². The molecule has 7 heteroatoms. The molecule has 2 rings (SSSR count). The largest absolute Gasteiger partial charge is 0.573 e. The smallest absolute Gasteiger partial charge is 0.405 e. The number of carbonyl (C=O) groups is 1. The summed E-state index contributed by atoms with van der Waals surface area (Å²) in [5.41, 5.74) is 1.78. The Morgan fingerprint density at radius 2 is 2.14 bits per heavy atom. The van der Waals surface area contributed by atoms with Crippen molar-refractivity contribution in [1.82, 2.24) is 10.2 Å². The molecule has 1 aromatic rings. The average Bonchev–Trinajstić information content (AvgIpc) is 2.64. The van der Waals surface area contributed by atoms with Gasteiger partial charge in [0.1, 0.15) is 5.76 Å². The van der Waals surface area contributed by atoms with Crippen LogP contribution in [0.4, 0.5) is 13.2 Å². The summed E-state index contributed by atoms with van der Waals surface area (Å²) in [6, 6.07) is 7.19. The lowest BCUT2D eigenvalue weighted by molar-refractivity contribution is -0.302. The average molecular weight is 394 g/mol. The van der Waals surface area contributed by atoms with Gasteiger partial charge < -0.3 is 15.0 Å². The van der Waals surface area contributed by atoms with Gasteiger partial charge in [0.25, 0.3) is 0 Å². The first kappa shape index (κ1) is 21.8. The lowest BCUT2D eigenvalue weighted by Crippen LogP contribution is -2.38. The number of carbonyl (C=O) groups excluding carboxylic acids is 1. The highest BCUT2D eigenvalue weighted by atomic mass is 19.4. The van der Waals surface area contributed by atoms with Gasteiger partial charge in [-0.05, 0) is 36.6 Å². The van der Waals surface area contributed by atoms with Gasteiger partial charge >= 0.3 is 6.36 Å². The number of alkyl halides is 3. The normalized spacial score (nSPS) is 19.8. The third-order valence-corrected chi connectivity index (χ3v) is 4.55. The number of benzene rings is 1. The molecular formula is C21H25F3N2O2. The van der Waals surface area contributed by atoms with E-state index in [2.05, 4.69) is 16.6 Å². The van der Waals surface area contributed by atoms with Crippen LogP contribution in [0.3, 0.4) is 0 Å². The molecule has 0 radical (unpaired) electrons. The summed E-state index contributed by atoms with van der Waals surface area (Å²) >= 11 is 0. The first-order chi connectivity index (χ1) is 13.2. The minimum absolute atomic E-state index is 0.0554. The summed E-state index contributed by atoms with van der Waals surface area (Å²) in [6.45, 7) is 6.33. The predicted molar refractivity (Wildman–Crippen MR) is 103 cm³/mol. The zero-order valence-electron chi connectivity index (χ0n) is 16.1. The van der Waals surface area contributed by atoms with Crippen LogP contribution in [-0.2, 0) is 9.53 Å². The second kappa shape index (κ2) is 9.59. The van der Waals surface area contributed by atoms with E-state index >= 15 is 0 Å². The SMILES string of the molecule is C=C/C=C(\C(=C/C)OC(F)(F)F)c1cccc([C@H]2CCC(=O)N(C)CCN2)c1. The number of allylic oxidation sites excluding steroid dienone is 4. The number of halogens is 3. The molecule has 1 fully saturated rings. The molecule has 1 heterocycles. The van der Waals surface area contributed by atoms with Crippen molar-refractivity contribution in [3.8, 4) is 0 Å².